The molecule has 0 aliphatic rings. The van der Waals surface area contributed by atoms with Gasteiger partial charge in [-0.25, -0.2) is 4.68 Å². The number of methoxy groups -OCH3 is 1. The molecule has 0 N–H and O–H groups in total. The van der Waals surface area contributed by atoms with E-state index in [1.54, 1.807) is 18.0 Å². The number of benzene rings is 2. The Labute approximate surface area is 111 Å². The Bertz CT molecular complexity index is 677. The quantitative estimate of drug-likeness (QED) is 0.718. The van der Waals surface area contributed by atoms with Crippen molar-refractivity contribution in [2.75, 3.05) is 7.11 Å². The summed E-state index contributed by atoms with van der Waals surface area (Å²) >= 11 is 0. The third kappa shape index (κ3) is 2.08. The number of para-hydroxylation sites is 2. The van der Waals surface area contributed by atoms with E-state index in [9.17, 15) is 0 Å². The molecule has 0 saturated heterocycles. The van der Waals surface area contributed by atoms with Crippen molar-refractivity contribution < 1.29 is 4.74 Å². The molecule has 0 atom stereocenters. The molecule has 0 saturated carbocycles. The Morgan fingerprint density at radius 1 is 0.947 bits per heavy atom. The lowest BCUT2D eigenvalue weighted by Crippen LogP contribution is -1.99. The topological polar surface area (TPSA) is 39.9 Å². The van der Waals surface area contributed by atoms with E-state index in [1.807, 2.05) is 54.6 Å². The van der Waals surface area contributed by atoms with Gasteiger partial charge in [0.05, 0.1) is 24.7 Å². The largest absolute Gasteiger partial charge is 0.496 e. The summed E-state index contributed by atoms with van der Waals surface area (Å²) < 4.78 is 7.19. The maximum absolute atomic E-state index is 5.39. The van der Waals surface area contributed by atoms with E-state index in [4.69, 9.17) is 4.74 Å². The molecule has 0 aliphatic carbocycles. The van der Waals surface area contributed by atoms with Crippen LogP contribution in [-0.4, -0.2) is 22.1 Å². The molecule has 0 amide bonds. The van der Waals surface area contributed by atoms with E-state index in [0.29, 0.717) is 0 Å². The molecule has 19 heavy (non-hydrogen) atoms. The molecule has 0 radical (unpaired) electrons. The number of nitrogens with zero attached hydrogens (tertiary/aromatic N) is 3. The highest BCUT2D eigenvalue weighted by molar-refractivity contribution is 5.68. The minimum absolute atomic E-state index is 0.807. The summed E-state index contributed by atoms with van der Waals surface area (Å²) in [7, 11) is 1.66. The number of aromatic nitrogens is 3. The van der Waals surface area contributed by atoms with Crippen molar-refractivity contribution in [3.05, 3.63) is 60.8 Å². The lowest BCUT2D eigenvalue weighted by atomic mass is 10.1. The molecule has 0 aliphatic heterocycles. The second-order valence-corrected chi connectivity index (χ2v) is 4.07. The second kappa shape index (κ2) is 4.94. The van der Waals surface area contributed by atoms with Gasteiger partial charge in [0.2, 0.25) is 0 Å². The predicted molar refractivity (Wildman–Crippen MR) is 73.3 cm³/mol. The van der Waals surface area contributed by atoms with Crippen molar-refractivity contribution in [2.45, 2.75) is 0 Å². The maximum Gasteiger partial charge on any atom is 0.128 e. The van der Waals surface area contributed by atoms with Gasteiger partial charge in [-0.15, -0.1) is 5.10 Å². The minimum Gasteiger partial charge on any atom is -0.496 e. The predicted octanol–water partition coefficient (Wildman–Crippen LogP) is 2.94. The highest BCUT2D eigenvalue weighted by atomic mass is 16.5. The van der Waals surface area contributed by atoms with E-state index in [1.165, 1.54) is 0 Å². The molecule has 94 valence electrons. The van der Waals surface area contributed by atoms with E-state index < -0.39 is 0 Å². The molecule has 3 rings (SSSR count). The highest BCUT2D eigenvalue weighted by Gasteiger charge is 2.12. The fourth-order valence-electron chi connectivity index (χ4n) is 2.03. The van der Waals surface area contributed by atoms with Crippen LogP contribution in [-0.2, 0) is 0 Å². The van der Waals surface area contributed by atoms with Gasteiger partial charge in [0, 0.05) is 5.56 Å². The Morgan fingerprint density at radius 3 is 2.47 bits per heavy atom. The van der Waals surface area contributed by atoms with Gasteiger partial charge in [-0.1, -0.05) is 35.5 Å². The van der Waals surface area contributed by atoms with Gasteiger partial charge < -0.3 is 4.74 Å². The Hall–Kier alpha value is -2.62. The van der Waals surface area contributed by atoms with Crippen molar-refractivity contribution in [2.24, 2.45) is 0 Å². The van der Waals surface area contributed by atoms with Crippen LogP contribution in [0.2, 0.25) is 0 Å². The summed E-state index contributed by atoms with van der Waals surface area (Å²) in [6.45, 7) is 0. The summed E-state index contributed by atoms with van der Waals surface area (Å²) in [5.74, 6) is 0.807. The van der Waals surface area contributed by atoms with Crippen LogP contribution in [0.4, 0.5) is 0 Å². The van der Waals surface area contributed by atoms with E-state index in [0.717, 1.165) is 22.7 Å². The van der Waals surface area contributed by atoms with Crippen LogP contribution < -0.4 is 4.74 Å². The number of hydrogen-bond acceptors (Lipinski definition) is 3. The summed E-state index contributed by atoms with van der Waals surface area (Å²) in [6, 6.07) is 17.8. The fourth-order valence-corrected chi connectivity index (χ4v) is 2.03. The molecule has 0 fully saturated rings. The zero-order valence-electron chi connectivity index (χ0n) is 10.5. The normalized spacial score (nSPS) is 10.4. The molecule has 1 heterocycles. The smallest absolute Gasteiger partial charge is 0.128 e. The summed E-state index contributed by atoms with van der Waals surface area (Å²) in [5, 5.41) is 8.16. The summed E-state index contributed by atoms with van der Waals surface area (Å²) in [4.78, 5) is 0. The second-order valence-electron chi connectivity index (χ2n) is 4.07. The standard InChI is InChI=1S/C15H13N3O/c1-19-15-10-6-5-9-13(15)14-11-16-17-18(14)12-7-3-2-4-8-12/h2-11H,1H3. The van der Waals surface area contributed by atoms with Gasteiger partial charge >= 0.3 is 0 Å². The lowest BCUT2D eigenvalue weighted by molar-refractivity contribution is 0.416. The van der Waals surface area contributed by atoms with Crippen molar-refractivity contribution >= 4 is 0 Å². The van der Waals surface area contributed by atoms with Gasteiger partial charge in [0.15, 0.2) is 0 Å². The molecule has 2 aromatic carbocycles. The molecular weight excluding hydrogens is 238 g/mol. The van der Waals surface area contributed by atoms with Crippen LogP contribution in [0.25, 0.3) is 16.9 Å². The first kappa shape index (κ1) is 11.5. The van der Waals surface area contributed by atoms with Crippen molar-refractivity contribution in [1.29, 1.82) is 0 Å². The van der Waals surface area contributed by atoms with Crippen LogP contribution in [0.1, 0.15) is 0 Å². The maximum atomic E-state index is 5.39. The summed E-state index contributed by atoms with van der Waals surface area (Å²) in [5.41, 5.74) is 2.85. The van der Waals surface area contributed by atoms with Gasteiger partial charge in [0.25, 0.3) is 0 Å². The zero-order valence-corrected chi connectivity index (χ0v) is 10.5. The van der Waals surface area contributed by atoms with E-state index in [-0.39, 0.29) is 0 Å². The third-order valence-electron chi connectivity index (χ3n) is 2.93. The Kier molecular flexibility index (Phi) is 2.98. The van der Waals surface area contributed by atoms with Crippen molar-refractivity contribution in [3.8, 4) is 22.7 Å². The zero-order chi connectivity index (χ0) is 13.1. The molecule has 0 spiro atoms. The van der Waals surface area contributed by atoms with E-state index in [2.05, 4.69) is 10.3 Å². The van der Waals surface area contributed by atoms with E-state index >= 15 is 0 Å². The van der Waals surface area contributed by atoms with Crippen molar-refractivity contribution in [3.63, 3.8) is 0 Å². The molecule has 0 unspecified atom stereocenters. The molecule has 4 nitrogen and oxygen atoms in total. The molecular formula is C15H13N3O. The first-order chi connectivity index (χ1) is 9.40. The first-order valence-corrected chi connectivity index (χ1v) is 5.99. The van der Waals surface area contributed by atoms with Gasteiger partial charge in [0.1, 0.15) is 5.75 Å². The molecule has 3 aromatic rings. The summed E-state index contributed by atoms with van der Waals surface area (Å²) in [6.07, 6.45) is 1.74. The van der Waals surface area contributed by atoms with Crippen molar-refractivity contribution in [1.82, 2.24) is 15.0 Å². The Morgan fingerprint density at radius 2 is 1.68 bits per heavy atom. The van der Waals surface area contributed by atoms with Crippen LogP contribution in [0.15, 0.2) is 60.8 Å². The van der Waals surface area contributed by atoms with Crippen LogP contribution in [0.3, 0.4) is 0 Å². The minimum atomic E-state index is 0.807. The SMILES string of the molecule is COc1ccccc1-c1cnnn1-c1ccccc1. The van der Waals surface area contributed by atoms with Crippen LogP contribution >= 0.6 is 0 Å². The monoisotopic (exact) mass is 251 g/mol. The number of ether oxygens (including phenoxy) is 1. The first-order valence-electron chi connectivity index (χ1n) is 5.99. The fraction of sp³-hybridized carbons (Fsp3) is 0.0667. The average Bonchev–Trinajstić information content (AvgIpc) is 2.97. The number of hydrogen-bond donors (Lipinski definition) is 0. The Balaban J connectivity index is 2.15. The molecule has 0 bridgehead atoms. The average molecular weight is 251 g/mol. The third-order valence-corrected chi connectivity index (χ3v) is 2.93. The molecule has 1 aromatic heterocycles. The van der Waals surface area contributed by atoms with Gasteiger partial charge in [-0.2, -0.15) is 0 Å². The number of rotatable bonds is 3. The molecule has 4 heteroatoms. The lowest BCUT2D eigenvalue weighted by Gasteiger charge is -2.09. The van der Waals surface area contributed by atoms with Crippen LogP contribution in [0.5, 0.6) is 5.75 Å². The van der Waals surface area contributed by atoms with Gasteiger partial charge in [-0.05, 0) is 24.3 Å². The van der Waals surface area contributed by atoms with Gasteiger partial charge in [-0.3, -0.25) is 0 Å². The van der Waals surface area contributed by atoms with Crippen LogP contribution in [0, 0.1) is 0 Å². The highest BCUT2D eigenvalue weighted by Crippen LogP contribution is 2.29.